The zero-order chi connectivity index (χ0) is 31.3. The highest BCUT2D eigenvalue weighted by Gasteiger charge is 2.30. The van der Waals surface area contributed by atoms with Crippen LogP contribution in [0.2, 0.25) is 0 Å². The van der Waals surface area contributed by atoms with Gasteiger partial charge in [0.05, 0.1) is 32.3 Å². The first kappa shape index (κ1) is 32.7. The van der Waals surface area contributed by atoms with Gasteiger partial charge in [0.2, 0.25) is 11.8 Å². The minimum absolute atomic E-state index is 0.0176. The molecule has 236 valence electrons. The summed E-state index contributed by atoms with van der Waals surface area (Å²) in [6.07, 6.45) is 3.26. The number of nitrogens with one attached hydrogen (secondary N) is 3. The lowest BCUT2D eigenvalue weighted by atomic mass is 9.98. The molecule has 2 aromatic carbocycles. The Kier molecular flexibility index (Phi) is 12.3. The van der Waals surface area contributed by atoms with Gasteiger partial charge in [-0.25, -0.2) is 9.59 Å². The zero-order valence-electron chi connectivity index (χ0n) is 25.0. The molecule has 3 atom stereocenters. The molecule has 2 aromatic rings. The van der Waals surface area contributed by atoms with Gasteiger partial charge in [-0.3, -0.25) is 9.59 Å². The number of esters is 1. The van der Waals surface area contributed by atoms with Crippen molar-refractivity contribution in [2.24, 2.45) is 5.92 Å². The van der Waals surface area contributed by atoms with Crippen molar-refractivity contribution < 1.29 is 38.5 Å². The van der Waals surface area contributed by atoms with Crippen molar-refractivity contribution in [3.05, 3.63) is 71.8 Å². The molecule has 0 unspecified atom stereocenters. The summed E-state index contributed by atoms with van der Waals surface area (Å²) < 4.78 is 16.3. The summed E-state index contributed by atoms with van der Waals surface area (Å²) in [7, 11) is 0. The number of carbonyl (C=O) groups excluding carboxylic acids is 4. The van der Waals surface area contributed by atoms with Crippen molar-refractivity contribution in [1.29, 1.82) is 0 Å². The van der Waals surface area contributed by atoms with E-state index < -0.39 is 30.1 Å². The number of amides is 3. The summed E-state index contributed by atoms with van der Waals surface area (Å²) in [6, 6.07) is 15.2. The number of benzene rings is 2. The van der Waals surface area contributed by atoms with Crippen LogP contribution in [0.5, 0.6) is 0 Å². The highest BCUT2D eigenvalue weighted by Crippen LogP contribution is 2.44. The second-order valence-corrected chi connectivity index (χ2v) is 10.9. The van der Waals surface area contributed by atoms with Gasteiger partial charge in [-0.1, -0.05) is 60.7 Å². The topological polar surface area (TPSA) is 152 Å². The zero-order valence-corrected chi connectivity index (χ0v) is 25.0. The van der Waals surface area contributed by atoms with Gasteiger partial charge in [0.25, 0.3) is 0 Å². The first-order chi connectivity index (χ1) is 21.4. The van der Waals surface area contributed by atoms with Crippen LogP contribution in [0, 0.1) is 5.92 Å². The molecule has 0 saturated heterocycles. The van der Waals surface area contributed by atoms with Gasteiger partial charge in [-0.05, 0) is 48.4 Å². The van der Waals surface area contributed by atoms with E-state index in [-0.39, 0.29) is 70.1 Å². The van der Waals surface area contributed by atoms with Gasteiger partial charge >= 0.3 is 12.1 Å². The molecular weight excluding hydrogens is 566 g/mol. The standard InChI is InChI=1S/C33H41N3O8/c1-22-20-35-31(39)23(19-30(38)34-15-17-42-18-16-37)9-3-2-4-14-29(32(40)44-22)36-33(41)43-21-28-26-12-7-5-10-24(26)25-11-6-8-13-27(25)28/h2-3,5-8,10-13,22-23,28-29,37H,4,9,14-21H2,1H3,(H,34,38)(H,35,39)(H,36,41)/t22-,23+,29-/m0/s1. The normalized spacial score (nSPS) is 20.5. The Morgan fingerprint density at radius 2 is 1.73 bits per heavy atom. The molecular formula is C33H41N3O8. The lowest BCUT2D eigenvalue weighted by Crippen LogP contribution is -2.45. The largest absolute Gasteiger partial charge is 0.459 e. The maximum atomic E-state index is 13.0. The maximum absolute atomic E-state index is 13.0. The summed E-state index contributed by atoms with van der Waals surface area (Å²) in [5, 5.41) is 16.9. The Morgan fingerprint density at radius 1 is 1.02 bits per heavy atom. The Balaban J connectivity index is 1.32. The summed E-state index contributed by atoms with van der Waals surface area (Å²) in [5.74, 6) is -1.95. The number of allylic oxidation sites excluding steroid dienone is 2. The minimum Gasteiger partial charge on any atom is -0.459 e. The SMILES string of the molecule is C[C@H]1CNC(=O)[C@@H](CC(=O)NCCOCCO)CC=CCC[C@H](NC(=O)OCC2c3ccccc3-c3ccccc32)C(=O)O1. The van der Waals surface area contributed by atoms with E-state index in [1.165, 1.54) is 0 Å². The Labute approximate surface area is 257 Å². The van der Waals surface area contributed by atoms with E-state index in [0.717, 1.165) is 22.3 Å². The lowest BCUT2D eigenvalue weighted by Gasteiger charge is -2.21. The molecule has 1 heterocycles. The summed E-state index contributed by atoms with van der Waals surface area (Å²) >= 11 is 0. The number of fused-ring (bicyclic) bond motifs is 3. The molecule has 11 nitrogen and oxygen atoms in total. The Bertz CT molecular complexity index is 1280. The minimum atomic E-state index is -0.941. The highest BCUT2D eigenvalue weighted by molar-refractivity contribution is 5.86. The molecule has 4 rings (SSSR count). The van der Waals surface area contributed by atoms with Gasteiger partial charge in [0.15, 0.2) is 0 Å². The van der Waals surface area contributed by atoms with Gasteiger partial charge in [-0.15, -0.1) is 0 Å². The van der Waals surface area contributed by atoms with Crippen LogP contribution in [0.25, 0.3) is 11.1 Å². The number of hydrogen-bond donors (Lipinski definition) is 4. The van der Waals surface area contributed by atoms with Crippen LogP contribution in [0.15, 0.2) is 60.7 Å². The van der Waals surface area contributed by atoms with Crippen molar-refractivity contribution >= 4 is 23.9 Å². The predicted molar refractivity (Wildman–Crippen MR) is 163 cm³/mol. The quantitative estimate of drug-likeness (QED) is 0.183. The van der Waals surface area contributed by atoms with Crippen molar-refractivity contribution in [3.63, 3.8) is 0 Å². The Hall–Kier alpha value is -4.22. The average Bonchev–Trinajstić information content (AvgIpc) is 3.34. The smallest absolute Gasteiger partial charge is 0.407 e. The molecule has 1 aliphatic carbocycles. The van der Waals surface area contributed by atoms with Crippen molar-refractivity contribution in [2.45, 2.75) is 50.7 Å². The first-order valence-electron chi connectivity index (χ1n) is 15.1. The van der Waals surface area contributed by atoms with Crippen LogP contribution in [0.4, 0.5) is 4.79 Å². The number of hydrogen-bond acceptors (Lipinski definition) is 8. The third-order valence-corrected chi connectivity index (χ3v) is 7.62. The molecule has 0 aromatic heterocycles. The fraction of sp³-hybridized carbons (Fsp3) is 0.455. The van der Waals surface area contributed by atoms with E-state index in [9.17, 15) is 19.2 Å². The number of aliphatic hydroxyl groups is 1. The van der Waals surface area contributed by atoms with Crippen LogP contribution in [-0.2, 0) is 28.6 Å². The van der Waals surface area contributed by atoms with E-state index in [0.29, 0.717) is 12.8 Å². The van der Waals surface area contributed by atoms with E-state index >= 15 is 0 Å². The molecule has 44 heavy (non-hydrogen) atoms. The molecule has 0 radical (unpaired) electrons. The van der Waals surface area contributed by atoms with Crippen LogP contribution in [0.1, 0.15) is 49.7 Å². The molecule has 2 aliphatic rings. The monoisotopic (exact) mass is 607 g/mol. The lowest BCUT2D eigenvalue weighted by molar-refractivity contribution is -0.151. The van der Waals surface area contributed by atoms with Gasteiger partial charge in [0, 0.05) is 18.9 Å². The summed E-state index contributed by atoms with van der Waals surface area (Å²) in [4.78, 5) is 51.1. The summed E-state index contributed by atoms with van der Waals surface area (Å²) in [5.41, 5.74) is 4.42. The Morgan fingerprint density at radius 3 is 2.43 bits per heavy atom. The van der Waals surface area contributed by atoms with Crippen molar-refractivity contribution in [3.8, 4) is 11.1 Å². The van der Waals surface area contributed by atoms with Crippen LogP contribution < -0.4 is 16.0 Å². The van der Waals surface area contributed by atoms with E-state index in [4.69, 9.17) is 19.3 Å². The molecule has 0 bridgehead atoms. The van der Waals surface area contributed by atoms with E-state index in [1.54, 1.807) is 13.0 Å². The van der Waals surface area contributed by atoms with Crippen molar-refractivity contribution in [2.75, 3.05) is 39.5 Å². The molecule has 3 amide bonds. The second-order valence-electron chi connectivity index (χ2n) is 10.9. The average molecular weight is 608 g/mol. The van der Waals surface area contributed by atoms with Crippen LogP contribution in [0.3, 0.4) is 0 Å². The summed E-state index contributed by atoms with van der Waals surface area (Å²) in [6.45, 7) is 2.45. The van der Waals surface area contributed by atoms with Crippen molar-refractivity contribution in [1.82, 2.24) is 16.0 Å². The molecule has 4 N–H and O–H groups in total. The fourth-order valence-corrected chi connectivity index (χ4v) is 5.39. The van der Waals surface area contributed by atoms with Gasteiger partial charge in [0.1, 0.15) is 18.8 Å². The number of rotatable bonds is 10. The number of carbonyl (C=O) groups is 4. The molecule has 0 fully saturated rings. The predicted octanol–water partition coefficient (Wildman–Crippen LogP) is 2.81. The van der Waals surface area contributed by atoms with Gasteiger partial charge in [-0.2, -0.15) is 0 Å². The number of ether oxygens (including phenoxy) is 3. The number of cyclic esters (lactones) is 1. The third kappa shape index (κ3) is 9.14. The molecule has 11 heteroatoms. The number of aliphatic hydroxyl groups excluding tert-OH is 1. The van der Waals surface area contributed by atoms with Gasteiger partial charge < -0.3 is 35.3 Å². The highest BCUT2D eigenvalue weighted by atomic mass is 16.6. The van der Waals surface area contributed by atoms with Crippen LogP contribution in [-0.4, -0.2) is 80.6 Å². The fourth-order valence-electron chi connectivity index (χ4n) is 5.39. The maximum Gasteiger partial charge on any atom is 0.407 e. The van der Waals surface area contributed by atoms with E-state index in [2.05, 4.69) is 28.1 Å². The molecule has 0 saturated carbocycles. The first-order valence-corrected chi connectivity index (χ1v) is 15.1. The van der Waals surface area contributed by atoms with Crippen LogP contribution >= 0.6 is 0 Å². The molecule has 1 aliphatic heterocycles. The third-order valence-electron chi connectivity index (χ3n) is 7.62. The number of alkyl carbamates (subject to hydrolysis) is 1. The van der Waals surface area contributed by atoms with E-state index in [1.807, 2.05) is 42.5 Å². The molecule has 0 spiro atoms. The second kappa shape index (κ2) is 16.6.